The van der Waals surface area contributed by atoms with Crippen LogP contribution in [0.3, 0.4) is 0 Å². The van der Waals surface area contributed by atoms with E-state index in [0.717, 1.165) is 11.1 Å². The van der Waals surface area contributed by atoms with E-state index < -0.39 is 0 Å². The molecule has 1 amide bonds. The molecule has 7 heteroatoms. The summed E-state index contributed by atoms with van der Waals surface area (Å²) in [6.07, 6.45) is 1.37. The van der Waals surface area contributed by atoms with Crippen molar-refractivity contribution in [2.75, 3.05) is 11.9 Å². The van der Waals surface area contributed by atoms with Gasteiger partial charge in [-0.15, -0.1) is 5.10 Å². The zero-order valence-corrected chi connectivity index (χ0v) is 10.9. The number of benzene rings is 1. The molecule has 7 nitrogen and oxygen atoms in total. The van der Waals surface area contributed by atoms with E-state index >= 15 is 0 Å². The number of amides is 1. The second-order valence-corrected chi connectivity index (χ2v) is 4.05. The quantitative estimate of drug-likeness (QED) is 0.764. The Morgan fingerprint density at radius 1 is 1.50 bits per heavy atom. The third kappa shape index (κ3) is 3.63. The monoisotopic (exact) mass is 271 g/mol. The van der Waals surface area contributed by atoms with Crippen LogP contribution in [0.4, 0.5) is 5.69 Å². The molecule has 102 valence electrons. The molecule has 0 radical (unpaired) electrons. The lowest BCUT2D eigenvalue weighted by Gasteiger charge is -2.08. The van der Waals surface area contributed by atoms with Gasteiger partial charge in [0.2, 0.25) is 5.91 Å². The van der Waals surface area contributed by atoms with Crippen LogP contribution in [0.5, 0.6) is 0 Å². The number of aryl methyl sites for hydroxylation is 1. The summed E-state index contributed by atoms with van der Waals surface area (Å²) < 4.78 is 1.33. The Morgan fingerprint density at radius 2 is 2.35 bits per heavy atom. The van der Waals surface area contributed by atoms with Gasteiger partial charge in [-0.1, -0.05) is 17.9 Å². The number of rotatable bonds is 3. The molecule has 1 aromatic heterocycles. The summed E-state index contributed by atoms with van der Waals surface area (Å²) in [5, 5.41) is 22.0. The molecule has 1 aromatic carbocycles. The smallest absolute Gasteiger partial charge is 0.246 e. The fourth-order valence-corrected chi connectivity index (χ4v) is 1.57. The molecule has 0 unspecified atom stereocenters. The van der Waals surface area contributed by atoms with Gasteiger partial charge in [0.1, 0.15) is 19.5 Å². The Labute approximate surface area is 115 Å². The normalized spacial score (nSPS) is 9.70. The number of nitrogens with one attached hydrogen (secondary N) is 1. The zero-order chi connectivity index (χ0) is 14.4. The first-order valence-corrected chi connectivity index (χ1v) is 5.90. The van der Waals surface area contributed by atoms with Crippen molar-refractivity contribution in [3.05, 3.63) is 35.7 Å². The number of carbonyl (C=O) groups is 1. The van der Waals surface area contributed by atoms with Gasteiger partial charge in [0.15, 0.2) is 0 Å². The molecule has 0 atom stereocenters. The molecule has 0 fully saturated rings. The van der Waals surface area contributed by atoms with Crippen LogP contribution in [0.15, 0.2) is 24.5 Å². The Morgan fingerprint density at radius 3 is 3.05 bits per heavy atom. The van der Waals surface area contributed by atoms with E-state index in [1.54, 1.807) is 6.07 Å². The number of carbonyl (C=O) groups excluding carboxylic acids is 1. The number of anilines is 1. The Hall–Kier alpha value is -2.72. The van der Waals surface area contributed by atoms with Crippen molar-refractivity contribution in [3.63, 3.8) is 0 Å². The van der Waals surface area contributed by atoms with Crippen LogP contribution in [0.25, 0.3) is 0 Å². The SMILES string of the molecule is Cc1ccc(C#CCO)cc1NC(=O)Cn1cnnn1. The first kappa shape index (κ1) is 13.7. The maximum atomic E-state index is 11.9. The average molecular weight is 271 g/mol. The number of hydrogen-bond donors (Lipinski definition) is 2. The molecule has 0 saturated carbocycles. The maximum Gasteiger partial charge on any atom is 0.246 e. The summed E-state index contributed by atoms with van der Waals surface area (Å²) in [5.74, 6) is 5.13. The van der Waals surface area contributed by atoms with Crippen LogP contribution in [-0.2, 0) is 11.3 Å². The lowest BCUT2D eigenvalue weighted by atomic mass is 10.1. The van der Waals surface area contributed by atoms with Crippen molar-refractivity contribution in [1.82, 2.24) is 20.2 Å². The lowest BCUT2D eigenvalue weighted by molar-refractivity contribution is -0.116. The predicted octanol–water partition coefficient (Wildman–Crippen LogP) is -0.0360. The number of tetrazole rings is 1. The van der Waals surface area contributed by atoms with E-state index in [2.05, 4.69) is 32.7 Å². The lowest BCUT2D eigenvalue weighted by Crippen LogP contribution is -2.19. The van der Waals surface area contributed by atoms with Gasteiger partial charge in [0, 0.05) is 11.3 Å². The van der Waals surface area contributed by atoms with Crippen LogP contribution in [0.2, 0.25) is 0 Å². The summed E-state index contributed by atoms with van der Waals surface area (Å²) in [6, 6.07) is 5.44. The molecule has 2 aromatic rings. The zero-order valence-electron chi connectivity index (χ0n) is 10.9. The molecule has 0 spiro atoms. The Balaban J connectivity index is 2.09. The molecule has 0 aliphatic heterocycles. The third-order valence-electron chi connectivity index (χ3n) is 2.52. The van der Waals surface area contributed by atoms with E-state index in [0.29, 0.717) is 5.69 Å². The first-order valence-electron chi connectivity index (χ1n) is 5.90. The summed E-state index contributed by atoms with van der Waals surface area (Å²) >= 11 is 0. The van der Waals surface area contributed by atoms with Crippen LogP contribution in [0.1, 0.15) is 11.1 Å². The second-order valence-electron chi connectivity index (χ2n) is 4.05. The number of nitrogens with zero attached hydrogens (tertiary/aromatic N) is 4. The van der Waals surface area contributed by atoms with Crippen molar-refractivity contribution in [3.8, 4) is 11.8 Å². The largest absolute Gasteiger partial charge is 0.384 e. The standard InChI is InChI=1S/C13H13N5O2/c1-10-4-5-11(3-2-6-19)7-12(10)15-13(20)8-18-9-14-16-17-18/h4-5,7,9,19H,6,8H2,1H3,(H,15,20). The van der Waals surface area contributed by atoms with E-state index in [9.17, 15) is 4.79 Å². The van der Waals surface area contributed by atoms with E-state index in [4.69, 9.17) is 5.11 Å². The van der Waals surface area contributed by atoms with Crippen molar-refractivity contribution in [2.24, 2.45) is 0 Å². The topological polar surface area (TPSA) is 92.9 Å². The molecule has 0 bridgehead atoms. The van der Waals surface area contributed by atoms with Crippen LogP contribution in [-0.4, -0.2) is 37.8 Å². The van der Waals surface area contributed by atoms with Gasteiger partial charge in [-0.2, -0.15) is 0 Å². The molecule has 1 heterocycles. The molecule has 0 saturated heterocycles. The first-order chi connectivity index (χ1) is 9.69. The minimum absolute atomic E-state index is 0.0407. The molecule has 2 rings (SSSR count). The van der Waals surface area contributed by atoms with E-state index in [1.807, 2.05) is 19.1 Å². The number of aliphatic hydroxyl groups excluding tert-OH is 1. The molecule has 2 N–H and O–H groups in total. The van der Waals surface area contributed by atoms with Gasteiger partial charge in [-0.05, 0) is 35.0 Å². The minimum atomic E-state index is -0.229. The molecular formula is C13H13N5O2. The van der Waals surface area contributed by atoms with Gasteiger partial charge < -0.3 is 10.4 Å². The predicted molar refractivity (Wildman–Crippen MR) is 71.6 cm³/mol. The molecule has 20 heavy (non-hydrogen) atoms. The third-order valence-corrected chi connectivity index (χ3v) is 2.52. The summed E-state index contributed by atoms with van der Waals surface area (Å²) in [7, 11) is 0. The summed E-state index contributed by atoms with van der Waals surface area (Å²) in [5.41, 5.74) is 2.32. The summed E-state index contributed by atoms with van der Waals surface area (Å²) in [4.78, 5) is 11.9. The number of aromatic nitrogens is 4. The van der Waals surface area contributed by atoms with Gasteiger partial charge in [-0.3, -0.25) is 4.79 Å². The van der Waals surface area contributed by atoms with Crippen LogP contribution < -0.4 is 5.32 Å². The fraction of sp³-hybridized carbons (Fsp3) is 0.231. The van der Waals surface area contributed by atoms with Gasteiger partial charge >= 0.3 is 0 Å². The number of aliphatic hydroxyl groups is 1. The van der Waals surface area contributed by atoms with Gasteiger partial charge in [0.05, 0.1) is 0 Å². The highest BCUT2D eigenvalue weighted by Gasteiger charge is 2.07. The van der Waals surface area contributed by atoms with Crippen molar-refractivity contribution < 1.29 is 9.90 Å². The molecule has 0 aliphatic rings. The van der Waals surface area contributed by atoms with Gasteiger partial charge in [-0.25, -0.2) is 4.68 Å². The van der Waals surface area contributed by atoms with E-state index in [-0.39, 0.29) is 19.1 Å². The average Bonchev–Trinajstić information content (AvgIpc) is 2.92. The van der Waals surface area contributed by atoms with Crippen molar-refractivity contribution >= 4 is 11.6 Å². The summed E-state index contributed by atoms with van der Waals surface area (Å²) in [6.45, 7) is 1.73. The minimum Gasteiger partial charge on any atom is -0.384 e. The second kappa shape index (κ2) is 6.45. The van der Waals surface area contributed by atoms with Gasteiger partial charge in [0.25, 0.3) is 0 Å². The highest BCUT2D eigenvalue weighted by molar-refractivity contribution is 5.91. The van der Waals surface area contributed by atoms with Crippen molar-refractivity contribution in [2.45, 2.75) is 13.5 Å². The van der Waals surface area contributed by atoms with E-state index in [1.165, 1.54) is 11.0 Å². The molecular weight excluding hydrogens is 258 g/mol. The molecule has 0 aliphatic carbocycles. The Bertz CT molecular complexity index is 655. The highest BCUT2D eigenvalue weighted by atomic mass is 16.2. The maximum absolute atomic E-state index is 11.9. The van der Waals surface area contributed by atoms with Crippen LogP contribution >= 0.6 is 0 Å². The fourth-order valence-electron chi connectivity index (χ4n) is 1.57. The Kier molecular flexibility index (Phi) is 4.42. The van der Waals surface area contributed by atoms with Crippen molar-refractivity contribution in [1.29, 1.82) is 0 Å². The van der Waals surface area contributed by atoms with Crippen LogP contribution in [0, 0.1) is 18.8 Å². The highest BCUT2D eigenvalue weighted by Crippen LogP contribution is 2.16. The number of hydrogen-bond acceptors (Lipinski definition) is 5.